The lowest BCUT2D eigenvalue weighted by atomic mass is 9.73. The Morgan fingerprint density at radius 3 is 2.48 bits per heavy atom. The Kier molecular flexibility index (Phi) is 6.87. The van der Waals surface area contributed by atoms with Crippen molar-refractivity contribution in [3.8, 4) is 11.1 Å². The number of benzene rings is 2. The molecule has 0 spiro atoms. The van der Waals surface area contributed by atoms with Crippen molar-refractivity contribution in [3.05, 3.63) is 90.3 Å². The molecule has 1 aliphatic heterocycles. The van der Waals surface area contributed by atoms with Gasteiger partial charge in [0.05, 0.1) is 5.41 Å². The summed E-state index contributed by atoms with van der Waals surface area (Å²) < 4.78 is 0. The largest absolute Gasteiger partial charge is 0.353 e. The Labute approximate surface area is 195 Å². The van der Waals surface area contributed by atoms with Gasteiger partial charge in [0.25, 0.3) is 5.91 Å². The van der Waals surface area contributed by atoms with Crippen LogP contribution in [0.4, 0.5) is 0 Å². The van der Waals surface area contributed by atoms with Crippen LogP contribution >= 0.6 is 0 Å². The molecule has 3 aromatic rings. The van der Waals surface area contributed by atoms with Crippen molar-refractivity contribution in [1.29, 1.82) is 0 Å². The number of carbonyl (C=O) groups excluding carboxylic acids is 2. The van der Waals surface area contributed by atoms with Crippen molar-refractivity contribution in [2.45, 2.75) is 39.2 Å². The number of likely N-dealkylation sites (tertiary alicyclic amines) is 1. The summed E-state index contributed by atoms with van der Waals surface area (Å²) >= 11 is 0. The summed E-state index contributed by atoms with van der Waals surface area (Å²) in [5, 5.41) is 3.13. The molecule has 0 unspecified atom stereocenters. The number of hydrogen-bond donors (Lipinski definition) is 1. The number of carbonyl (C=O) groups is 2. The predicted molar refractivity (Wildman–Crippen MR) is 131 cm³/mol. The van der Waals surface area contributed by atoms with Crippen LogP contribution in [0.1, 0.15) is 42.6 Å². The standard InChI is InChI=1S/C28H31N3O2/c1-21(2)30-27(33)28(14-7-17-31(20-28)26(32)24-9-4-3-5-10-24)19-22-8-6-11-25(18-22)23-12-15-29-16-13-23/h3-6,8-13,15-16,18,21H,7,14,17,19-20H2,1-2H3,(H,30,33)/t28-/m0/s1. The van der Waals surface area contributed by atoms with E-state index in [0.717, 1.165) is 29.5 Å². The van der Waals surface area contributed by atoms with E-state index in [-0.39, 0.29) is 17.9 Å². The predicted octanol–water partition coefficient (Wildman–Crippen LogP) is 4.74. The Hall–Kier alpha value is -3.47. The first-order chi connectivity index (χ1) is 16.0. The van der Waals surface area contributed by atoms with Gasteiger partial charge in [0, 0.05) is 37.1 Å². The van der Waals surface area contributed by atoms with E-state index >= 15 is 0 Å². The second-order valence-corrected chi connectivity index (χ2v) is 9.22. The minimum Gasteiger partial charge on any atom is -0.353 e. The molecule has 0 saturated carbocycles. The van der Waals surface area contributed by atoms with E-state index in [4.69, 9.17) is 0 Å². The molecule has 1 saturated heterocycles. The van der Waals surface area contributed by atoms with Gasteiger partial charge in [-0.15, -0.1) is 0 Å². The quantitative estimate of drug-likeness (QED) is 0.601. The molecule has 1 atom stereocenters. The molecule has 1 fully saturated rings. The van der Waals surface area contributed by atoms with Crippen LogP contribution in [-0.4, -0.2) is 40.8 Å². The first-order valence-corrected chi connectivity index (χ1v) is 11.6. The maximum atomic E-state index is 13.5. The summed E-state index contributed by atoms with van der Waals surface area (Å²) in [6, 6.07) is 21.7. The molecular formula is C28H31N3O2. The summed E-state index contributed by atoms with van der Waals surface area (Å²) in [5.74, 6) is 0.0138. The number of nitrogens with one attached hydrogen (secondary N) is 1. The highest BCUT2D eigenvalue weighted by Gasteiger charge is 2.43. The molecule has 1 aliphatic rings. The maximum absolute atomic E-state index is 13.5. The summed E-state index contributed by atoms with van der Waals surface area (Å²) in [7, 11) is 0. The van der Waals surface area contributed by atoms with Gasteiger partial charge in [-0.3, -0.25) is 14.6 Å². The van der Waals surface area contributed by atoms with Crippen LogP contribution in [0.15, 0.2) is 79.1 Å². The zero-order chi connectivity index (χ0) is 23.3. The average Bonchev–Trinajstić information content (AvgIpc) is 2.84. The van der Waals surface area contributed by atoms with Gasteiger partial charge >= 0.3 is 0 Å². The molecule has 2 aromatic carbocycles. The molecule has 5 nitrogen and oxygen atoms in total. The molecule has 4 rings (SSSR count). The van der Waals surface area contributed by atoms with Gasteiger partial charge in [-0.05, 0) is 74.1 Å². The SMILES string of the molecule is CC(C)NC(=O)[C@]1(Cc2cccc(-c3ccncc3)c2)CCCN(C(=O)c2ccccc2)C1. The van der Waals surface area contributed by atoms with Gasteiger partial charge < -0.3 is 10.2 Å². The molecular weight excluding hydrogens is 410 g/mol. The lowest BCUT2D eigenvalue weighted by Gasteiger charge is -2.42. The lowest BCUT2D eigenvalue weighted by molar-refractivity contribution is -0.134. The highest BCUT2D eigenvalue weighted by Crippen LogP contribution is 2.36. The van der Waals surface area contributed by atoms with Crippen LogP contribution in [0.5, 0.6) is 0 Å². The molecule has 0 radical (unpaired) electrons. The number of pyridine rings is 1. The zero-order valence-electron chi connectivity index (χ0n) is 19.3. The average molecular weight is 442 g/mol. The highest BCUT2D eigenvalue weighted by atomic mass is 16.2. The van der Waals surface area contributed by atoms with Gasteiger partial charge in [-0.1, -0.05) is 42.5 Å². The monoisotopic (exact) mass is 441 g/mol. The molecule has 2 heterocycles. The molecule has 170 valence electrons. The van der Waals surface area contributed by atoms with Crippen molar-refractivity contribution < 1.29 is 9.59 Å². The first kappa shape index (κ1) is 22.7. The van der Waals surface area contributed by atoms with Crippen LogP contribution < -0.4 is 5.32 Å². The normalized spacial score (nSPS) is 18.2. The van der Waals surface area contributed by atoms with Crippen molar-refractivity contribution in [3.63, 3.8) is 0 Å². The van der Waals surface area contributed by atoms with E-state index < -0.39 is 5.41 Å². The zero-order valence-corrected chi connectivity index (χ0v) is 19.3. The van der Waals surface area contributed by atoms with Crippen LogP contribution in [-0.2, 0) is 11.2 Å². The van der Waals surface area contributed by atoms with Crippen LogP contribution in [0.3, 0.4) is 0 Å². The Morgan fingerprint density at radius 1 is 1.00 bits per heavy atom. The molecule has 33 heavy (non-hydrogen) atoms. The number of piperidine rings is 1. The van der Waals surface area contributed by atoms with Crippen molar-refractivity contribution >= 4 is 11.8 Å². The van der Waals surface area contributed by atoms with Gasteiger partial charge in [-0.25, -0.2) is 0 Å². The van der Waals surface area contributed by atoms with Gasteiger partial charge in [0.2, 0.25) is 5.91 Å². The summed E-state index contributed by atoms with van der Waals surface area (Å²) in [5.41, 5.74) is 3.29. The second kappa shape index (κ2) is 9.99. The molecule has 2 amide bonds. The number of amides is 2. The third kappa shape index (κ3) is 5.30. The van der Waals surface area contributed by atoms with E-state index in [0.29, 0.717) is 25.1 Å². The summed E-state index contributed by atoms with van der Waals surface area (Å²) in [4.78, 5) is 32.7. The van der Waals surface area contributed by atoms with Crippen molar-refractivity contribution in [1.82, 2.24) is 15.2 Å². The van der Waals surface area contributed by atoms with E-state index in [9.17, 15) is 9.59 Å². The van der Waals surface area contributed by atoms with Gasteiger partial charge in [0.15, 0.2) is 0 Å². The Balaban J connectivity index is 1.64. The van der Waals surface area contributed by atoms with E-state index in [1.54, 1.807) is 12.4 Å². The molecule has 1 N–H and O–H groups in total. The maximum Gasteiger partial charge on any atom is 0.253 e. The minimum atomic E-state index is -0.663. The third-order valence-electron chi connectivity index (χ3n) is 6.27. The number of hydrogen-bond acceptors (Lipinski definition) is 3. The van der Waals surface area contributed by atoms with Crippen molar-refractivity contribution in [2.75, 3.05) is 13.1 Å². The molecule has 5 heteroatoms. The van der Waals surface area contributed by atoms with Gasteiger partial charge in [-0.2, -0.15) is 0 Å². The fourth-order valence-corrected chi connectivity index (χ4v) is 4.69. The fraction of sp³-hybridized carbons (Fsp3) is 0.321. The van der Waals surface area contributed by atoms with Crippen molar-refractivity contribution in [2.24, 2.45) is 5.41 Å². The lowest BCUT2D eigenvalue weighted by Crippen LogP contribution is -2.55. The highest BCUT2D eigenvalue weighted by molar-refractivity contribution is 5.95. The number of nitrogens with zero attached hydrogens (tertiary/aromatic N) is 2. The van der Waals surface area contributed by atoms with E-state index in [1.807, 2.05) is 67.3 Å². The molecule has 0 bridgehead atoms. The fourth-order valence-electron chi connectivity index (χ4n) is 4.69. The third-order valence-corrected chi connectivity index (χ3v) is 6.27. The Morgan fingerprint density at radius 2 is 1.76 bits per heavy atom. The topological polar surface area (TPSA) is 62.3 Å². The number of aromatic nitrogens is 1. The number of rotatable bonds is 6. The van der Waals surface area contributed by atoms with Crippen LogP contribution in [0.25, 0.3) is 11.1 Å². The van der Waals surface area contributed by atoms with Crippen LogP contribution in [0, 0.1) is 5.41 Å². The minimum absolute atomic E-state index is 0.0115. The molecule has 1 aromatic heterocycles. The summed E-state index contributed by atoms with van der Waals surface area (Å²) in [6.07, 6.45) is 5.71. The van der Waals surface area contributed by atoms with Crippen LogP contribution in [0.2, 0.25) is 0 Å². The molecule has 0 aliphatic carbocycles. The second-order valence-electron chi connectivity index (χ2n) is 9.22. The smallest absolute Gasteiger partial charge is 0.253 e. The van der Waals surface area contributed by atoms with E-state index in [1.165, 1.54) is 0 Å². The Bertz CT molecular complexity index is 1100. The van der Waals surface area contributed by atoms with Gasteiger partial charge in [0.1, 0.15) is 0 Å². The summed E-state index contributed by atoms with van der Waals surface area (Å²) in [6.45, 7) is 5.04. The first-order valence-electron chi connectivity index (χ1n) is 11.6. The van der Waals surface area contributed by atoms with E-state index in [2.05, 4.69) is 28.5 Å².